The first-order valence-corrected chi connectivity index (χ1v) is 9.57. The van der Waals surface area contributed by atoms with Crippen molar-refractivity contribution >= 4 is 11.9 Å². The van der Waals surface area contributed by atoms with E-state index in [1.54, 1.807) is 0 Å². The van der Waals surface area contributed by atoms with E-state index in [-0.39, 0.29) is 0 Å². The van der Waals surface area contributed by atoms with Crippen LogP contribution in [0.25, 0.3) is 0 Å². The lowest BCUT2D eigenvalue weighted by Crippen LogP contribution is -2.09. The standard InChI is InChI=1S/C20H36O3/c1-3-5-6-7-8-9-10-11-12-13-14-15-16-17-18-20(22)23-19(21)4-2/h4H,2-3,5-18H2,1H3. The van der Waals surface area contributed by atoms with Crippen LogP contribution in [0.1, 0.15) is 103 Å². The van der Waals surface area contributed by atoms with Crippen LogP contribution in [0.3, 0.4) is 0 Å². The van der Waals surface area contributed by atoms with E-state index < -0.39 is 11.9 Å². The van der Waals surface area contributed by atoms with Gasteiger partial charge in [0.05, 0.1) is 0 Å². The normalized spacial score (nSPS) is 10.5. The molecule has 0 aromatic carbocycles. The molecule has 0 aliphatic rings. The lowest BCUT2D eigenvalue weighted by molar-refractivity contribution is -0.156. The Kier molecular flexibility index (Phi) is 16.4. The third-order valence-electron chi connectivity index (χ3n) is 4.12. The topological polar surface area (TPSA) is 43.4 Å². The van der Waals surface area contributed by atoms with Crippen LogP contribution in [-0.2, 0) is 14.3 Å². The third-order valence-corrected chi connectivity index (χ3v) is 4.12. The van der Waals surface area contributed by atoms with E-state index in [1.165, 1.54) is 77.0 Å². The summed E-state index contributed by atoms with van der Waals surface area (Å²) >= 11 is 0. The highest BCUT2D eigenvalue weighted by Crippen LogP contribution is 2.13. The van der Waals surface area contributed by atoms with Gasteiger partial charge in [0.25, 0.3) is 0 Å². The average Bonchev–Trinajstić information content (AvgIpc) is 2.55. The molecule has 0 aromatic heterocycles. The first-order valence-electron chi connectivity index (χ1n) is 9.57. The quantitative estimate of drug-likeness (QED) is 0.149. The number of ether oxygens (including phenoxy) is 1. The Bertz CT molecular complexity index is 310. The number of esters is 2. The molecule has 0 fully saturated rings. The first kappa shape index (κ1) is 21.9. The summed E-state index contributed by atoms with van der Waals surface area (Å²) in [5.74, 6) is -1.09. The van der Waals surface area contributed by atoms with Crippen LogP contribution < -0.4 is 0 Å². The Hall–Kier alpha value is -1.12. The van der Waals surface area contributed by atoms with Gasteiger partial charge in [-0.15, -0.1) is 0 Å². The maximum Gasteiger partial charge on any atom is 0.337 e. The molecule has 134 valence electrons. The summed E-state index contributed by atoms with van der Waals surface area (Å²) in [6, 6.07) is 0. The van der Waals surface area contributed by atoms with E-state index in [2.05, 4.69) is 18.2 Å². The van der Waals surface area contributed by atoms with Crippen molar-refractivity contribution in [3.63, 3.8) is 0 Å². The maximum atomic E-state index is 11.2. The van der Waals surface area contributed by atoms with Crippen LogP contribution in [-0.4, -0.2) is 11.9 Å². The lowest BCUT2D eigenvalue weighted by atomic mass is 10.0. The molecule has 0 bridgehead atoms. The van der Waals surface area contributed by atoms with Gasteiger partial charge in [-0.2, -0.15) is 0 Å². The van der Waals surface area contributed by atoms with Crippen molar-refractivity contribution in [2.45, 2.75) is 103 Å². The Morgan fingerprint density at radius 3 is 1.52 bits per heavy atom. The highest BCUT2D eigenvalue weighted by atomic mass is 16.6. The monoisotopic (exact) mass is 324 g/mol. The number of rotatable bonds is 16. The van der Waals surface area contributed by atoms with Crippen molar-refractivity contribution in [3.8, 4) is 0 Å². The molecule has 3 heteroatoms. The molecule has 0 aromatic rings. The van der Waals surface area contributed by atoms with E-state index in [9.17, 15) is 9.59 Å². The van der Waals surface area contributed by atoms with E-state index in [1.807, 2.05) is 0 Å². The molecule has 0 spiro atoms. The molecular formula is C20H36O3. The zero-order chi connectivity index (χ0) is 17.2. The smallest absolute Gasteiger partial charge is 0.337 e. The summed E-state index contributed by atoms with van der Waals surface area (Å²) in [7, 11) is 0. The number of unbranched alkanes of at least 4 members (excludes halogenated alkanes) is 13. The molecule has 0 N–H and O–H groups in total. The van der Waals surface area contributed by atoms with E-state index >= 15 is 0 Å². The van der Waals surface area contributed by atoms with Crippen LogP contribution in [0, 0.1) is 0 Å². The van der Waals surface area contributed by atoms with Crippen molar-refractivity contribution < 1.29 is 14.3 Å². The number of carbonyl (C=O) groups excluding carboxylic acids is 2. The van der Waals surface area contributed by atoms with E-state index in [0.29, 0.717) is 6.42 Å². The second-order valence-corrected chi connectivity index (χ2v) is 6.34. The van der Waals surface area contributed by atoms with Crippen molar-refractivity contribution in [3.05, 3.63) is 12.7 Å². The fourth-order valence-electron chi connectivity index (χ4n) is 2.67. The average molecular weight is 325 g/mol. The summed E-state index contributed by atoms with van der Waals surface area (Å²) in [6.07, 6.45) is 19.3. The zero-order valence-corrected chi connectivity index (χ0v) is 15.1. The molecule has 0 heterocycles. The predicted octanol–water partition coefficient (Wildman–Crippen LogP) is 6.11. The fraction of sp³-hybridized carbons (Fsp3) is 0.800. The molecule has 0 saturated heterocycles. The first-order chi connectivity index (χ1) is 11.2. The van der Waals surface area contributed by atoms with Crippen molar-refractivity contribution in [1.82, 2.24) is 0 Å². The molecule has 0 saturated carbocycles. The predicted molar refractivity (Wildman–Crippen MR) is 96.2 cm³/mol. The number of hydrogen-bond acceptors (Lipinski definition) is 3. The second kappa shape index (κ2) is 17.2. The largest absolute Gasteiger partial charge is 0.390 e. The molecule has 23 heavy (non-hydrogen) atoms. The molecule has 0 atom stereocenters. The molecule has 0 unspecified atom stereocenters. The SMILES string of the molecule is C=CC(=O)OC(=O)CCCCCCCCCCCCCCCC. The molecule has 0 radical (unpaired) electrons. The van der Waals surface area contributed by atoms with Crippen molar-refractivity contribution in [1.29, 1.82) is 0 Å². The minimum absolute atomic E-state index is 0.331. The number of hydrogen-bond donors (Lipinski definition) is 0. The zero-order valence-electron chi connectivity index (χ0n) is 15.1. The van der Waals surface area contributed by atoms with Gasteiger partial charge >= 0.3 is 11.9 Å². The van der Waals surface area contributed by atoms with Gasteiger partial charge in [0.15, 0.2) is 0 Å². The van der Waals surface area contributed by atoms with Gasteiger partial charge in [-0.05, 0) is 6.42 Å². The Morgan fingerprint density at radius 2 is 1.13 bits per heavy atom. The Balaban J connectivity index is 3.14. The van der Waals surface area contributed by atoms with Gasteiger partial charge in [0.1, 0.15) is 0 Å². The van der Waals surface area contributed by atoms with Gasteiger partial charge in [0, 0.05) is 12.5 Å². The molecule has 0 rings (SSSR count). The van der Waals surface area contributed by atoms with Crippen LogP contribution in [0.15, 0.2) is 12.7 Å². The summed E-state index contributed by atoms with van der Waals surface area (Å²) in [4.78, 5) is 22.0. The van der Waals surface area contributed by atoms with Gasteiger partial charge < -0.3 is 4.74 Å². The van der Waals surface area contributed by atoms with Gasteiger partial charge in [-0.3, -0.25) is 4.79 Å². The molecule has 0 amide bonds. The summed E-state index contributed by atoms with van der Waals surface area (Å²) in [5.41, 5.74) is 0. The minimum atomic E-state index is -0.652. The Labute approximate surface area is 142 Å². The molecule has 0 aliphatic carbocycles. The number of carbonyl (C=O) groups is 2. The summed E-state index contributed by atoms with van der Waals surface area (Å²) in [5, 5.41) is 0. The van der Waals surface area contributed by atoms with Gasteiger partial charge in [-0.1, -0.05) is 97.0 Å². The highest BCUT2D eigenvalue weighted by Gasteiger charge is 2.06. The molecular weight excluding hydrogens is 288 g/mol. The van der Waals surface area contributed by atoms with Crippen LogP contribution >= 0.6 is 0 Å². The van der Waals surface area contributed by atoms with Crippen molar-refractivity contribution in [2.75, 3.05) is 0 Å². The summed E-state index contributed by atoms with van der Waals surface area (Å²) < 4.78 is 4.52. The molecule has 0 aliphatic heterocycles. The second-order valence-electron chi connectivity index (χ2n) is 6.34. The van der Waals surface area contributed by atoms with E-state index in [0.717, 1.165) is 18.9 Å². The highest BCUT2D eigenvalue weighted by molar-refractivity contribution is 5.91. The Morgan fingerprint density at radius 1 is 0.739 bits per heavy atom. The van der Waals surface area contributed by atoms with Gasteiger partial charge in [0.2, 0.25) is 0 Å². The third kappa shape index (κ3) is 17.1. The lowest BCUT2D eigenvalue weighted by Gasteiger charge is -2.03. The summed E-state index contributed by atoms with van der Waals surface area (Å²) in [6.45, 7) is 5.52. The van der Waals surface area contributed by atoms with E-state index in [4.69, 9.17) is 0 Å². The fourth-order valence-corrected chi connectivity index (χ4v) is 2.67. The van der Waals surface area contributed by atoms with Crippen molar-refractivity contribution in [2.24, 2.45) is 0 Å². The minimum Gasteiger partial charge on any atom is -0.390 e. The van der Waals surface area contributed by atoms with Gasteiger partial charge in [-0.25, -0.2) is 4.79 Å². The van der Waals surface area contributed by atoms with Crippen LogP contribution in [0.2, 0.25) is 0 Å². The molecule has 3 nitrogen and oxygen atoms in total. The van der Waals surface area contributed by atoms with Crippen LogP contribution in [0.5, 0.6) is 0 Å². The maximum absolute atomic E-state index is 11.2. The van der Waals surface area contributed by atoms with Crippen LogP contribution in [0.4, 0.5) is 0 Å².